The van der Waals surface area contributed by atoms with E-state index in [1.54, 1.807) is 12.1 Å². The Bertz CT molecular complexity index is 1420. The van der Waals surface area contributed by atoms with Crippen LogP contribution in [0.3, 0.4) is 0 Å². The van der Waals surface area contributed by atoms with Crippen LogP contribution in [0.15, 0.2) is 48.2 Å². The van der Waals surface area contributed by atoms with Gasteiger partial charge < -0.3 is 29.9 Å². The van der Waals surface area contributed by atoms with Crippen molar-refractivity contribution in [2.24, 2.45) is 0 Å². The summed E-state index contributed by atoms with van der Waals surface area (Å²) in [6.45, 7) is 4.21. The van der Waals surface area contributed by atoms with E-state index >= 15 is 4.39 Å². The molecule has 0 amide bonds. The summed E-state index contributed by atoms with van der Waals surface area (Å²) in [6.07, 6.45) is 4.54. The number of nitrogens with one attached hydrogen (secondary N) is 1. The van der Waals surface area contributed by atoms with E-state index in [-0.39, 0.29) is 33.9 Å². The summed E-state index contributed by atoms with van der Waals surface area (Å²) < 4.78 is 22.0. The highest BCUT2D eigenvalue weighted by atomic mass is 35.5. The molecule has 0 saturated carbocycles. The van der Waals surface area contributed by atoms with Gasteiger partial charge in [-0.15, -0.1) is 0 Å². The summed E-state index contributed by atoms with van der Waals surface area (Å²) in [5.41, 5.74) is 1.22. The number of likely N-dealkylation sites (N-methyl/N-ethyl adjacent to an activating group) is 1. The van der Waals surface area contributed by atoms with Crippen molar-refractivity contribution in [2.45, 2.75) is 18.1 Å². The molecule has 0 radical (unpaired) electrons. The maximum absolute atomic E-state index is 16.2. The van der Waals surface area contributed by atoms with Gasteiger partial charge in [-0.2, -0.15) is 4.98 Å². The topological polar surface area (TPSA) is 77.0 Å². The third-order valence-corrected chi connectivity index (χ3v) is 8.01. The summed E-state index contributed by atoms with van der Waals surface area (Å²) in [5, 5.41) is 14.8. The lowest BCUT2D eigenvalue weighted by molar-refractivity contribution is 0.139. The van der Waals surface area contributed by atoms with Crippen LogP contribution in [0.25, 0.3) is 23.1 Å². The Morgan fingerprint density at radius 1 is 1.18 bits per heavy atom. The number of allylic oxidation sites excluding steroid dienone is 1. The van der Waals surface area contributed by atoms with Gasteiger partial charge in [-0.25, -0.2) is 9.37 Å². The van der Waals surface area contributed by atoms with E-state index < -0.39 is 5.82 Å². The molecule has 7 rings (SSSR count). The molecular weight excluding hydrogens is 519 g/mol. The number of rotatable bonds is 6. The van der Waals surface area contributed by atoms with Gasteiger partial charge in [-0.3, -0.25) is 0 Å². The molecule has 4 aliphatic heterocycles. The molecule has 2 atom stereocenters. The number of fused-ring (bicyclic) bond motifs is 5. The molecule has 5 heterocycles. The van der Waals surface area contributed by atoms with Gasteiger partial charge >= 0.3 is 0 Å². The fourth-order valence-corrected chi connectivity index (χ4v) is 5.56. The number of hydrogen-bond acceptors (Lipinski definition) is 8. The molecule has 4 saturated heterocycles. The number of nitrogens with zero attached hydrogens (tertiary/aromatic N) is 5. The molecule has 3 aromatic rings. The first-order valence-electron chi connectivity index (χ1n) is 13.2. The molecule has 2 N–H and O–H groups in total. The minimum atomic E-state index is -0.537. The van der Waals surface area contributed by atoms with Crippen LogP contribution in [0.4, 0.5) is 16.2 Å². The molecule has 8 nitrogen and oxygen atoms in total. The Morgan fingerprint density at radius 2 is 1.97 bits per heavy atom. The summed E-state index contributed by atoms with van der Waals surface area (Å²) >= 11 is 6.65. The quantitative estimate of drug-likeness (QED) is 0.353. The Kier molecular flexibility index (Phi) is 7.16. The normalized spacial score (nSPS) is 22.2. The molecule has 10 heteroatoms. The zero-order chi connectivity index (χ0) is 27.1. The highest BCUT2D eigenvalue weighted by Gasteiger charge is 2.36. The number of ether oxygens (including phenoxy) is 1. The monoisotopic (exact) mass is 550 g/mol. The minimum Gasteiger partial charge on any atom is -0.508 e. The van der Waals surface area contributed by atoms with Crippen LogP contribution in [0.5, 0.6) is 0 Å². The van der Waals surface area contributed by atoms with E-state index in [0.717, 1.165) is 25.2 Å². The highest BCUT2D eigenvalue weighted by molar-refractivity contribution is 6.33. The summed E-state index contributed by atoms with van der Waals surface area (Å²) in [6, 6.07) is 11.8. The van der Waals surface area contributed by atoms with E-state index in [9.17, 15) is 5.11 Å². The Hall–Kier alpha value is -3.24. The second kappa shape index (κ2) is 10.7. The third-order valence-electron chi connectivity index (χ3n) is 7.70. The zero-order valence-electron chi connectivity index (χ0n) is 22.0. The summed E-state index contributed by atoms with van der Waals surface area (Å²) in [5.74, 6) is 0.635. The van der Waals surface area contributed by atoms with Crippen molar-refractivity contribution < 1.29 is 14.2 Å². The number of aliphatic hydroxyl groups excluding tert-OH is 1. The summed E-state index contributed by atoms with van der Waals surface area (Å²) in [4.78, 5) is 16.2. The van der Waals surface area contributed by atoms with E-state index in [4.69, 9.17) is 26.3 Å². The van der Waals surface area contributed by atoms with E-state index in [1.807, 2.05) is 30.3 Å². The van der Waals surface area contributed by atoms with Gasteiger partial charge in [0.25, 0.3) is 0 Å². The second-order valence-corrected chi connectivity index (χ2v) is 11.0. The van der Waals surface area contributed by atoms with E-state index in [2.05, 4.69) is 34.1 Å². The number of aromatic nitrogens is 2. The number of benzene rings is 2. The van der Waals surface area contributed by atoms with Gasteiger partial charge in [0.2, 0.25) is 5.95 Å². The standard InChI is InChI=1S/C29H32ClFN6O2/c1-35(2)21-14-36(15-21)29-33-27-24(28(34-29)37-13-19-16-39-17-20(37)12-32-19)11-25(30)23(26(27)31)9-8-22(38)10-18-6-4-3-5-7-18/h3-11,19-21,32,38H,12-17H2,1-2H3/b9-8+,22-10+. The maximum atomic E-state index is 16.2. The molecule has 2 bridgehead atoms. The third kappa shape index (κ3) is 5.19. The van der Waals surface area contributed by atoms with Crippen LogP contribution < -0.4 is 15.1 Å². The van der Waals surface area contributed by atoms with Crippen molar-refractivity contribution in [1.82, 2.24) is 20.2 Å². The van der Waals surface area contributed by atoms with Crippen LogP contribution in [-0.2, 0) is 4.74 Å². The predicted molar refractivity (Wildman–Crippen MR) is 154 cm³/mol. The minimum absolute atomic E-state index is 0.00997. The number of halogens is 2. The van der Waals surface area contributed by atoms with Gasteiger partial charge in [-0.05, 0) is 44.0 Å². The smallest absolute Gasteiger partial charge is 0.228 e. The van der Waals surface area contributed by atoms with Crippen molar-refractivity contribution in [1.29, 1.82) is 0 Å². The Labute approximate surface area is 232 Å². The van der Waals surface area contributed by atoms with Crippen molar-refractivity contribution in [3.05, 3.63) is 70.2 Å². The van der Waals surface area contributed by atoms with Crippen LogP contribution in [0.2, 0.25) is 5.02 Å². The van der Waals surface area contributed by atoms with Crippen molar-refractivity contribution in [3.63, 3.8) is 0 Å². The van der Waals surface area contributed by atoms with Crippen LogP contribution in [-0.4, -0.2) is 91.6 Å². The van der Waals surface area contributed by atoms with Gasteiger partial charge in [0, 0.05) is 49.2 Å². The van der Waals surface area contributed by atoms with Gasteiger partial charge in [0.05, 0.1) is 24.3 Å². The molecule has 2 unspecified atom stereocenters. The Morgan fingerprint density at radius 3 is 2.74 bits per heavy atom. The number of aliphatic hydroxyl groups is 1. The molecular formula is C29H32ClFN6O2. The van der Waals surface area contributed by atoms with Crippen LogP contribution >= 0.6 is 11.6 Å². The maximum Gasteiger partial charge on any atom is 0.228 e. The molecule has 0 aliphatic carbocycles. The molecule has 2 aromatic carbocycles. The van der Waals surface area contributed by atoms with Gasteiger partial charge in [-0.1, -0.05) is 41.9 Å². The molecule has 39 heavy (non-hydrogen) atoms. The average molecular weight is 551 g/mol. The van der Waals surface area contributed by atoms with Gasteiger partial charge in [0.1, 0.15) is 17.1 Å². The predicted octanol–water partition coefficient (Wildman–Crippen LogP) is 3.96. The first kappa shape index (κ1) is 26.0. The Balaban J connectivity index is 1.42. The zero-order valence-corrected chi connectivity index (χ0v) is 22.8. The molecule has 4 fully saturated rings. The number of hydrogen-bond donors (Lipinski definition) is 2. The molecule has 0 spiro atoms. The number of piperazine rings is 1. The largest absolute Gasteiger partial charge is 0.508 e. The lowest BCUT2D eigenvalue weighted by atomic mass is 10.1. The lowest BCUT2D eigenvalue weighted by Gasteiger charge is -2.43. The first-order valence-corrected chi connectivity index (χ1v) is 13.6. The van der Waals surface area contributed by atoms with E-state index in [0.29, 0.717) is 43.0 Å². The number of anilines is 2. The van der Waals surface area contributed by atoms with E-state index in [1.165, 1.54) is 12.2 Å². The molecule has 204 valence electrons. The van der Waals surface area contributed by atoms with Crippen molar-refractivity contribution in [2.75, 3.05) is 63.3 Å². The molecule has 1 aromatic heterocycles. The van der Waals surface area contributed by atoms with Crippen molar-refractivity contribution in [3.8, 4) is 0 Å². The lowest BCUT2D eigenvalue weighted by Crippen LogP contribution is -2.58. The highest BCUT2D eigenvalue weighted by Crippen LogP contribution is 2.37. The molecule has 4 aliphatic rings. The fourth-order valence-electron chi connectivity index (χ4n) is 5.31. The van der Waals surface area contributed by atoms with Crippen LogP contribution in [0.1, 0.15) is 11.1 Å². The summed E-state index contributed by atoms with van der Waals surface area (Å²) in [7, 11) is 4.11. The van der Waals surface area contributed by atoms with Gasteiger partial charge in [0.15, 0.2) is 5.82 Å². The second-order valence-electron chi connectivity index (χ2n) is 10.6. The fraction of sp³-hybridized carbons (Fsp3) is 0.379. The SMILES string of the molecule is CN(C)C1CN(c2nc(N3CC4COCC3CN4)c3cc(Cl)c(/C=C/C(O)=C\c4ccccc4)c(F)c3n2)C1. The van der Waals surface area contributed by atoms with Crippen LogP contribution in [0, 0.1) is 5.82 Å². The average Bonchev–Trinajstić information content (AvgIpc) is 3.24. The first-order chi connectivity index (χ1) is 18.9. The van der Waals surface area contributed by atoms with Crippen molar-refractivity contribution >= 4 is 46.4 Å².